The van der Waals surface area contributed by atoms with Gasteiger partial charge in [-0.1, -0.05) is 0 Å². The Labute approximate surface area is 515 Å². The van der Waals surface area contributed by atoms with Crippen LogP contribution >= 0.6 is 0 Å². The predicted octanol–water partition coefficient (Wildman–Crippen LogP) is -14.0. The molecule has 524 valence electrons. The number of carboxylic acids is 2. The van der Waals surface area contributed by atoms with Crippen molar-refractivity contribution in [3.05, 3.63) is 0 Å². The standard InChI is InChI=1S/C51H84N4O36/c1-14-27(52-15(2)61)40(87-47-38(76)44(34(72)24(11-59)84-47)91-51(49(79)80)7-20(66)29(54-17(4)63)42(89-51)32(70)22(68)9-57)35(73)26(82-14)13-81-45-30(55-18(5)64)36(74)39(25(12-60)85-45)86-46-37(75)43(33(71)23(10-58)83-46)90-50(48(77)78)6-19(65)28(53-16(3)62)41(88-50)31(69)21(67)8-56/h14,19-47,56-60,65-76H,6-13H2,1-5H3,(H,52,61)(H,53,62)(H,54,63)(H,55,64)(H,77,78)(H,79,80)/t14-,19-,20-,21+,22+,23?,24?,25?,26?,27?,28+,29+,30?,31+,32+,33-,34-,35-,36+,37?,38?,39-,40+,41?,42?,43-,44-,45+,46-,47-,50-,51-/m0/s1. The summed E-state index contributed by atoms with van der Waals surface area (Å²) in [5, 5.41) is 216. The van der Waals surface area contributed by atoms with Crippen LogP contribution in [0.3, 0.4) is 0 Å². The largest absolute Gasteiger partial charge is 0.477 e. The van der Waals surface area contributed by atoms with Gasteiger partial charge >= 0.3 is 11.9 Å². The second kappa shape index (κ2) is 32.0. The van der Waals surface area contributed by atoms with E-state index in [0.29, 0.717) is 0 Å². The van der Waals surface area contributed by atoms with Gasteiger partial charge in [-0.2, -0.15) is 0 Å². The van der Waals surface area contributed by atoms with Crippen molar-refractivity contribution >= 4 is 35.6 Å². The minimum absolute atomic E-state index is 0.749. The molecule has 0 bridgehead atoms. The maximum absolute atomic E-state index is 13.1. The third kappa shape index (κ3) is 16.9. The molecule has 0 aliphatic carbocycles. The van der Waals surface area contributed by atoms with Crippen molar-refractivity contribution < 1.29 is 178 Å². The molecule has 0 aromatic rings. The highest BCUT2D eigenvalue weighted by Gasteiger charge is 2.63. The lowest BCUT2D eigenvalue weighted by Crippen LogP contribution is -2.71. The van der Waals surface area contributed by atoms with Gasteiger partial charge in [-0.25, -0.2) is 9.59 Å². The first-order chi connectivity index (χ1) is 42.6. The van der Waals surface area contributed by atoms with Crippen LogP contribution in [0.15, 0.2) is 0 Å². The summed E-state index contributed by atoms with van der Waals surface area (Å²) < 4.78 is 64.0. The second-order valence-electron chi connectivity index (χ2n) is 22.9. The lowest BCUT2D eigenvalue weighted by molar-refractivity contribution is -0.383. The van der Waals surface area contributed by atoms with Gasteiger partial charge in [0, 0.05) is 40.5 Å². The number of carbonyl (C=O) groups is 6. The molecule has 6 heterocycles. The van der Waals surface area contributed by atoms with Crippen LogP contribution in [0, 0.1) is 0 Å². The van der Waals surface area contributed by atoms with Crippen molar-refractivity contribution in [2.75, 3.05) is 39.6 Å². The number of nitrogens with one attached hydrogen (secondary N) is 4. The average molecular weight is 1330 g/mol. The molecule has 10 unspecified atom stereocenters. The molecule has 40 nitrogen and oxygen atoms in total. The van der Waals surface area contributed by atoms with E-state index in [-0.39, 0.29) is 0 Å². The van der Waals surface area contributed by atoms with Crippen LogP contribution < -0.4 is 21.3 Å². The number of carbonyl (C=O) groups excluding carboxylic acids is 4. The molecule has 6 fully saturated rings. The third-order valence-electron chi connectivity index (χ3n) is 16.2. The van der Waals surface area contributed by atoms with E-state index in [1.807, 2.05) is 0 Å². The molecule has 40 heteroatoms. The van der Waals surface area contributed by atoms with Crippen molar-refractivity contribution in [2.24, 2.45) is 0 Å². The Hall–Kier alpha value is -4.30. The Morgan fingerprint density at radius 3 is 1.20 bits per heavy atom. The molecule has 0 aromatic heterocycles. The normalized spacial score (nSPS) is 43.5. The van der Waals surface area contributed by atoms with E-state index >= 15 is 0 Å². The Balaban J connectivity index is 1.23. The zero-order chi connectivity index (χ0) is 68.0. The van der Waals surface area contributed by atoms with Crippen LogP contribution in [0.25, 0.3) is 0 Å². The van der Waals surface area contributed by atoms with E-state index in [0.717, 1.165) is 27.7 Å². The van der Waals surface area contributed by atoms with Crippen molar-refractivity contribution in [3.8, 4) is 0 Å². The fourth-order valence-corrected chi connectivity index (χ4v) is 11.7. The van der Waals surface area contributed by atoms with Crippen LogP contribution in [0.4, 0.5) is 0 Å². The van der Waals surface area contributed by atoms with E-state index in [4.69, 9.17) is 52.1 Å². The third-order valence-corrected chi connectivity index (χ3v) is 16.2. The fraction of sp³-hybridized carbons (Fsp3) is 0.882. The number of ether oxygens (including phenoxy) is 11. The summed E-state index contributed by atoms with van der Waals surface area (Å²) in [5.41, 5.74) is 0. The van der Waals surface area contributed by atoms with Gasteiger partial charge in [0.25, 0.3) is 11.6 Å². The summed E-state index contributed by atoms with van der Waals surface area (Å²) in [4.78, 5) is 75.7. The molecule has 91 heavy (non-hydrogen) atoms. The van der Waals surface area contributed by atoms with Crippen LogP contribution in [-0.4, -0.2) is 367 Å². The summed E-state index contributed by atoms with van der Waals surface area (Å²) in [5.74, 6) is -13.8. The molecule has 0 aromatic carbocycles. The summed E-state index contributed by atoms with van der Waals surface area (Å²) in [7, 11) is 0. The lowest BCUT2D eigenvalue weighted by Gasteiger charge is -2.51. The van der Waals surface area contributed by atoms with Crippen LogP contribution in [0.5, 0.6) is 0 Å². The Bertz CT molecular complexity index is 2450. The number of aliphatic hydroxyl groups is 17. The highest BCUT2D eigenvalue weighted by molar-refractivity contribution is 5.78. The number of aliphatic carboxylic acids is 2. The molecule has 6 aliphatic rings. The summed E-state index contributed by atoms with van der Waals surface area (Å²) in [6.07, 6.45) is -55.4. The van der Waals surface area contributed by atoms with Crippen LogP contribution in [0.2, 0.25) is 0 Å². The zero-order valence-corrected chi connectivity index (χ0v) is 49.4. The van der Waals surface area contributed by atoms with Gasteiger partial charge < -0.3 is 170 Å². The first kappa shape index (κ1) is 75.7. The fourth-order valence-electron chi connectivity index (χ4n) is 11.7. The molecule has 6 saturated heterocycles. The van der Waals surface area contributed by atoms with Crippen molar-refractivity contribution in [3.63, 3.8) is 0 Å². The maximum atomic E-state index is 13.1. The summed E-state index contributed by atoms with van der Waals surface area (Å²) in [6.45, 7) is -1.09. The summed E-state index contributed by atoms with van der Waals surface area (Å²) in [6, 6.07) is -6.53. The molecule has 0 saturated carbocycles. The first-order valence-corrected chi connectivity index (χ1v) is 28.7. The van der Waals surface area contributed by atoms with E-state index < -0.39 is 283 Å². The SMILES string of the molecule is CC(=O)NC1[C@H](OCC2O[C@@H](C)C(NC(C)=O)[C@@H](O[C@@H]3OC(CO)[C@H](O)[C@H](O[C@]4(C(=O)O)C[C@H](O)[C@@H](NC(C)=O)C([C@H](O)[C@H](O)CO)O4)C3O)[C@H]2O)OC(CO)[C@H](O[C@@H]2OC(CO)[C@H](O)[C@H](O[C@]3(C(=O)O)C[C@H](O)[C@@H](NC(C)=O)C([C@H](O)[C@H](O)CO)O3)C2O)[C@@H]1O. The molecule has 6 aliphatic heterocycles. The van der Waals surface area contributed by atoms with Crippen molar-refractivity contribution in [1.29, 1.82) is 0 Å². The maximum Gasteiger partial charge on any atom is 0.364 e. The Kier molecular flexibility index (Phi) is 26.6. The highest BCUT2D eigenvalue weighted by atomic mass is 16.8. The molecule has 4 amide bonds. The van der Waals surface area contributed by atoms with Gasteiger partial charge in [0.15, 0.2) is 18.9 Å². The zero-order valence-electron chi connectivity index (χ0n) is 49.4. The van der Waals surface area contributed by atoms with E-state index in [2.05, 4.69) is 21.3 Å². The van der Waals surface area contributed by atoms with Gasteiger partial charge in [0.2, 0.25) is 23.6 Å². The van der Waals surface area contributed by atoms with Gasteiger partial charge in [0.1, 0.15) is 128 Å². The topological polar surface area (TPSA) is 636 Å². The van der Waals surface area contributed by atoms with E-state index in [1.165, 1.54) is 6.92 Å². The van der Waals surface area contributed by atoms with Gasteiger partial charge in [0.05, 0.1) is 76.1 Å². The Morgan fingerprint density at radius 2 is 0.824 bits per heavy atom. The second-order valence-corrected chi connectivity index (χ2v) is 22.9. The minimum atomic E-state index is -3.20. The number of hydrogen-bond donors (Lipinski definition) is 23. The Morgan fingerprint density at radius 1 is 0.462 bits per heavy atom. The monoisotopic (exact) mass is 1330 g/mol. The number of hydrogen-bond acceptors (Lipinski definition) is 34. The molecular weight excluding hydrogens is 1240 g/mol. The lowest BCUT2D eigenvalue weighted by atomic mass is 9.88. The average Bonchev–Trinajstić information content (AvgIpc) is 0.773. The number of amides is 4. The van der Waals surface area contributed by atoms with Crippen molar-refractivity contribution in [2.45, 2.75) is 242 Å². The molecule has 0 spiro atoms. The van der Waals surface area contributed by atoms with Crippen LogP contribution in [-0.2, 0) is 80.9 Å². The minimum Gasteiger partial charge on any atom is -0.477 e. The van der Waals surface area contributed by atoms with Gasteiger partial charge in [-0.15, -0.1) is 0 Å². The number of rotatable bonds is 26. The van der Waals surface area contributed by atoms with E-state index in [9.17, 15) is 126 Å². The van der Waals surface area contributed by atoms with Gasteiger partial charge in [-0.3, -0.25) is 19.2 Å². The molecule has 0 radical (unpaired) electrons. The van der Waals surface area contributed by atoms with E-state index in [1.54, 1.807) is 0 Å². The molecule has 6 rings (SSSR count). The van der Waals surface area contributed by atoms with Gasteiger partial charge in [-0.05, 0) is 6.92 Å². The molecular formula is C51H84N4O36. The van der Waals surface area contributed by atoms with Crippen molar-refractivity contribution in [1.82, 2.24) is 21.3 Å². The smallest absolute Gasteiger partial charge is 0.364 e. The predicted molar refractivity (Wildman–Crippen MR) is 283 cm³/mol. The van der Waals surface area contributed by atoms with Crippen LogP contribution in [0.1, 0.15) is 47.5 Å². The quantitative estimate of drug-likeness (QED) is 0.0382. The summed E-state index contributed by atoms with van der Waals surface area (Å²) >= 11 is 0. The molecule has 23 N–H and O–H groups in total. The number of carboxylic acid groups (broad SMARTS) is 2. The highest BCUT2D eigenvalue weighted by Crippen LogP contribution is 2.41. The first-order valence-electron chi connectivity index (χ1n) is 28.7. The molecule has 32 atom stereocenters. The number of aliphatic hydroxyl groups excluding tert-OH is 17.